The van der Waals surface area contributed by atoms with E-state index in [1.165, 1.54) is 26.5 Å². The van der Waals surface area contributed by atoms with Crippen molar-refractivity contribution in [2.24, 2.45) is 5.10 Å². The molecule has 0 saturated heterocycles. The number of hydrazone groups is 1. The quantitative estimate of drug-likeness (QED) is 0.265. The van der Waals surface area contributed by atoms with Crippen molar-refractivity contribution in [2.75, 3.05) is 27.9 Å². The van der Waals surface area contributed by atoms with Crippen LogP contribution in [0.1, 0.15) is 29.8 Å². The molecule has 2 N–H and O–H groups in total. The van der Waals surface area contributed by atoms with Crippen LogP contribution in [0.2, 0.25) is 0 Å². The number of benzene rings is 2. The van der Waals surface area contributed by atoms with Crippen LogP contribution in [0.25, 0.3) is 0 Å². The molecule has 2 amide bonds. The Labute approximate surface area is 200 Å². The highest BCUT2D eigenvalue weighted by Gasteiger charge is 2.13. The van der Waals surface area contributed by atoms with Crippen LogP contribution in [0.3, 0.4) is 0 Å². The summed E-state index contributed by atoms with van der Waals surface area (Å²) in [5.41, 5.74) is 3.44. The minimum atomic E-state index is -0.475. The maximum Gasteiger partial charge on any atom is 0.259 e. The highest BCUT2D eigenvalue weighted by atomic mass is 127. The zero-order valence-electron chi connectivity index (χ0n) is 18.5. The number of carbonyl (C=O) groups is 2. The molecule has 0 spiro atoms. The first-order valence-electron chi connectivity index (χ1n) is 9.65. The van der Waals surface area contributed by atoms with Gasteiger partial charge in [-0.1, -0.05) is 0 Å². The van der Waals surface area contributed by atoms with E-state index in [-0.39, 0.29) is 12.6 Å². The molecular weight excluding hydrogens is 529 g/mol. The summed E-state index contributed by atoms with van der Waals surface area (Å²) < 4.78 is 22.3. The molecule has 32 heavy (non-hydrogen) atoms. The van der Waals surface area contributed by atoms with Crippen LogP contribution in [0.4, 0.5) is 0 Å². The number of carbonyl (C=O) groups excluding carboxylic acids is 2. The minimum absolute atomic E-state index is 0.00503. The van der Waals surface area contributed by atoms with Gasteiger partial charge in [-0.05, 0) is 72.3 Å². The number of amides is 2. The zero-order valence-corrected chi connectivity index (χ0v) is 20.7. The second-order valence-electron chi connectivity index (χ2n) is 6.75. The fourth-order valence-electron chi connectivity index (χ4n) is 2.62. The van der Waals surface area contributed by atoms with Gasteiger partial charge in [-0.25, -0.2) is 5.43 Å². The number of hydrogen-bond donors (Lipinski definition) is 2. The number of ether oxygens (including phenoxy) is 4. The van der Waals surface area contributed by atoms with Gasteiger partial charge in [0.2, 0.25) is 0 Å². The van der Waals surface area contributed by atoms with Crippen LogP contribution >= 0.6 is 22.6 Å². The summed E-state index contributed by atoms with van der Waals surface area (Å²) in [7, 11) is 4.54. The summed E-state index contributed by atoms with van der Waals surface area (Å²) in [5.74, 6) is 1.25. The first-order valence-corrected chi connectivity index (χ1v) is 10.7. The number of halogens is 1. The largest absolute Gasteiger partial charge is 0.493 e. The highest BCUT2D eigenvalue weighted by Crippen LogP contribution is 2.34. The second kappa shape index (κ2) is 12.1. The normalized spacial score (nSPS) is 10.7. The van der Waals surface area contributed by atoms with Crippen LogP contribution in [0.5, 0.6) is 23.0 Å². The maximum absolute atomic E-state index is 12.3. The first-order chi connectivity index (χ1) is 15.3. The summed E-state index contributed by atoms with van der Waals surface area (Å²) in [4.78, 5) is 24.3. The van der Waals surface area contributed by atoms with Gasteiger partial charge in [0, 0.05) is 5.56 Å². The Balaban J connectivity index is 1.94. The molecule has 0 saturated carbocycles. The molecule has 2 aromatic rings. The summed E-state index contributed by atoms with van der Waals surface area (Å²) >= 11 is 2.15. The van der Waals surface area contributed by atoms with Crippen molar-refractivity contribution in [3.05, 3.63) is 45.0 Å². The molecule has 9 nitrogen and oxygen atoms in total. The van der Waals surface area contributed by atoms with E-state index in [4.69, 9.17) is 18.9 Å². The Kier molecular flexibility index (Phi) is 9.57. The smallest absolute Gasteiger partial charge is 0.259 e. The van der Waals surface area contributed by atoms with E-state index in [0.29, 0.717) is 28.6 Å². The first kappa shape index (κ1) is 25.2. The molecule has 0 unspecified atom stereocenters. The summed E-state index contributed by atoms with van der Waals surface area (Å²) in [6, 6.07) is 8.34. The Morgan fingerprint density at radius 1 is 1.03 bits per heavy atom. The van der Waals surface area contributed by atoms with Crippen molar-refractivity contribution in [1.29, 1.82) is 0 Å². The predicted octanol–water partition coefficient (Wildman–Crippen LogP) is 2.98. The minimum Gasteiger partial charge on any atom is -0.493 e. The third-order valence-electron chi connectivity index (χ3n) is 4.06. The number of rotatable bonds is 10. The van der Waals surface area contributed by atoms with E-state index >= 15 is 0 Å². The van der Waals surface area contributed by atoms with E-state index in [9.17, 15) is 9.59 Å². The Morgan fingerprint density at radius 3 is 2.34 bits per heavy atom. The molecule has 0 aliphatic rings. The topological polar surface area (TPSA) is 107 Å². The van der Waals surface area contributed by atoms with Crippen molar-refractivity contribution >= 4 is 40.6 Å². The van der Waals surface area contributed by atoms with Crippen LogP contribution in [0, 0.1) is 3.57 Å². The van der Waals surface area contributed by atoms with Gasteiger partial charge in [-0.2, -0.15) is 5.10 Å². The van der Waals surface area contributed by atoms with Gasteiger partial charge in [0.15, 0.2) is 23.0 Å². The lowest BCUT2D eigenvalue weighted by atomic mass is 10.2. The van der Waals surface area contributed by atoms with E-state index in [2.05, 4.69) is 38.4 Å². The molecule has 0 aromatic heterocycles. The molecule has 0 bridgehead atoms. The van der Waals surface area contributed by atoms with Gasteiger partial charge in [-0.15, -0.1) is 0 Å². The van der Waals surface area contributed by atoms with Crippen molar-refractivity contribution in [3.63, 3.8) is 0 Å². The van der Waals surface area contributed by atoms with Gasteiger partial charge in [0.05, 0.1) is 43.8 Å². The van der Waals surface area contributed by atoms with Crippen molar-refractivity contribution in [2.45, 2.75) is 20.0 Å². The average Bonchev–Trinajstić information content (AvgIpc) is 2.78. The number of methoxy groups -OCH3 is 3. The standard InChI is InChI=1S/C22H26IN3O6/c1-13(2)32-21-16(23)8-14(9-19(21)31-5)11-25-26-20(27)12-24-22(28)15-6-7-17(29-3)18(10-15)30-4/h6-11,13H,12H2,1-5H3,(H,24,28)(H,26,27)/b25-11+. The van der Waals surface area contributed by atoms with Gasteiger partial charge in [0.25, 0.3) is 11.8 Å². The third-order valence-corrected chi connectivity index (χ3v) is 4.86. The number of nitrogens with one attached hydrogen (secondary N) is 2. The van der Waals surface area contributed by atoms with E-state index < -0.39 is 11.8 Å². The van der Waals surface area contributed by atoms with Gasteiger partial charge >= 0.3 is 0 Å². The molecule has 0 atom stereocenters. The SMILES string of the molecule is COc1ccc(C(=O)NCC(=O)N/N=C/c2cc(I)c(OC(C)C)c(OC)c2)cc1OC. The molecule has 0 aliphatic carbocycles. The van der Waals surface area contributed by atoms with Crippen molar-refractivity contribution in [1.82, 2.24) is 10.7 Å². The van der Waals surface area contributed by atoms with Crippen LogP contribution < -0.4 is 29.7 Å². The Morgan fingerprint density at radius 2 is 1.72 bits per heavy atom. The van der Waals surface area contributed by atoms with Crippen molar-refractivity contribution in [3.8, 4) is 23.0 Å². The number of nitrogens with zero attached hydrogens (tertiary/aromatic N) is 1. The molecule has 172 valence electrons. The molecular formula is C22H26IN3O6. The van der Waals surface area contributed by atoms with Gasteiger partial charge in [0.1, 0.15) is 0 Å². The van der Waals surface area contributed by atoms with Crippen LogP contribution in [-0.2, 0) is 4.79 Å². The third kappa shape index (κ3) is 7.01. The average molecular weight is 555 g/mol. The maximum atomic E-state index is 12.3. The molecule has 2 rings (SSSR count). The monoisotopic (exact) mass is 555 g/mol. The molecule has 10 heteroatoms. The van der Waals surface area contributed by atoms with Crippen LogP contribution in [0.15, 0.2) is 35.4 Å². The molecule has 0 radical (unpaired) electrons. The predicted molar refractivity (Wildman–Crippen MR) is 129 cm³/mol. The lowest BCUT2D eigenvalue weighted by molar-refractivity contribution is -0.120. The molecule has 0 fully saturated rings. The van der Waals surface area contributed by atoms with E-state index in [0.717, 1.165) is 9.13 Å². The van der Waals surface area contributed by atoms with Crippen molar-refractivity contribution < 1.29 is 28.5 Å². The van der Waals surface area contributed by atoms with Gasteiger partial charge in [-0.3, -0.25) is 9.59 Å². The van der Waals surface area contributed by atoms with Gasteiger partial charge < -0.3 is 24.3 Å². The lowest BCUT2D eigenvalue weighted by Gasteiger charge is -2.15. The summed E-state index contributed by atoms with van der Waals surface area (Å²) in [5, 5.41) is 6.47. The fraction of sp³-hybridized carbons (Fsp3) is 0.318. The van der Waals surface area contributed by atoms with E-state index in [1.807, 2.05) is 19.9 Å². The summed E-state index contributed by atoms with van der Waals surface area (Å²) in [6.07, 6.45) is 1.49. The van der Waals surface area contributed by atoms with E-state index in [1.54, 1.807) is 25.3 Å². The molecule has 0 aliphatic heterocycles. The van der Waals surface area contributed by atoms with Crippen LogP contribution in [-0.4, -0.2) is 52.0 Å². The fourth-order valence-corrected chi connectivity index (χ4v) is 3.38. The summed E-state index contributed by atoms with van der Waals surface area (Å²) in [6.45, 7) is 3.63. The second-order valence-corrected chi connectivity index (χ2v) is 7.91. The zero-order chi connectivity index (χ0) is 23.7. The molecule has 0 heterocycles. The Bertz CT molecular complexity index is 994. The number of hydrogen-bond acceptors (Lipinski definition) is 7. The lowest BCUT2D eigenvalue weighted by Crippen LogP contribution is -2.34. The highest BCUT2D eigenvalue weighted by molar-refractivity contribution is 14.1. The molecule has 2 aromatic carbocycles. The Hall–Kier alpha value is -3.02.